The summed E-state index contributed by atoms with van der Waals surface area (Å²) < 4.78 is 5.78. The van der Waals surface area contributed by atoms with Crippen LogP contribution in [-0.4, -0.2) is 6.61 Å². The van der Waals surface area contributed by atoms with E-state index in [0.717, 1.165) is 31.1 Å². The molecule has 0 aliphatic heterocycles. The molecule has 2 saturated carbocycles. The molecule has 1 aromatic rings. The van der Waals surface area contributed by atoms with E-state index in [1.807, 2.05) is 18.2 Å². The molecule has 0 aromatic heterocycles. The summed E-state index contributed by atoms with van der Waals surface area (Å²) in [5.74, 6) is 1.54. The highest BCUT2D eigenvalue weighted by Gasteiger charge is 2.34. The number of halogens is 1. The molecule has 92 valence electrons. The topological polar surface area (TPSA) is 35.2 Å². The van der Waals surface area contributed by atoms with Crippen molar-refractivity contribution in [3.05, 3.63) is 28.8 Å². The third-order valence-electron chi connectivity index (χ3n) is 3.92. The van der Waals surface area contributed by atoms with Gasteiger partial charge < -0.3 is 10.5 Å². The third kappa shape index (κ3) is 2.29. The van der Waals surface area contributed by atoms with Crippen molar-refractivity contribution in [3.63, 3.8) is 0 Å². The van der Waals surface area contributed by atoms with Gasteiger partial charge in [-0.1, -0.05) is 17.7 Å². The van der Waals surface area contributed by atoms with Crippen molar-refractivity contribution in [2.75, 3.05) is 6.61 Å². The molecule has 0 heterocycles. The van der Waals surface area contributed by atoms with E-state index in [4.69, 9.17) is 22.1 Å². The van der Waals surface area contributed by atoms with Crippen LogP contribution in [0.2, 0.25) is 5.02 Å². The van der Waals surface area contributed by atoms with E-state index in [-0.39, 0.29) is 5.54 Å². The number of benzene rings is 1. The van der Waals surface area contributed by atoms with Gasteiger partial charge in [0, 0.05) is 5.54 Å². The van der Waals surface area contributed by atoms with Crippen LogP contribution in [0.3, 0.4) is 0 Å². The molecule has 0 saturated heterocycles. The van der Waals surface area contributed by atoms with Crippen molar-refractivity contribution in [1.29, 1.82) is 0 Å². The Balaban J connectivity index is 1.78. The Hall–Kier alpha value is -0.730. The highest BCUT2D eigenvalue weighted by molar-refractivity contribution is 6.32. The number of hydrogen-bond acceptors (Lipinski definition) is 2. The summed E-state index contributed by atoms with van der Waals surface area (Å²) in [5.41, 5.74) is 7.34. The zero-order valence-corrected chi connectivity index (χ0v) is 10.7. The Morgan fingerprint density at radius 3 is 2.71 bits per heavy atom. The van der Waals surface area contributed by atoms with Gasteiger partial charge in [-0.05, 0) is 55.7 Å². The molecule has 0 bridgehead atoms. The Morgan fingerprint density at radius 2 is 2.12 bits per heavy atom. The van der Waals surface area contributed by atoms with Crippen molar-refractivity contribution >= 4 is 11.6 Å². The van der Waals surface area contributed by atoms with Crippen LogP contribution >= 0.6 is 11.6 Å². The summed E-state index contributed by atoms with van der Waals surface area (Å²) in [6.07, 6.45) is 5.93. The Bertz CT molecular complexity index is 424. The Morgan fingerprint density at radius 1 is 1.35 bits per heavy atom. The molecule has 2 fully saturated rings. The van der Waals surface area contributed by atoms with Gasteiger partial charge in [0.15, 0.2) is 0 Å². The van der Waals surface area contributed by atoms with Gasteiger partial charge in [0.2, 0.25) is 0 Å². The van der Waals surface area contributed by atoms with E-state index in [1.165, 1.54) is 24.8 Å². The largest absolute Gasteiger partial charge is 0.492 e. The van der Waals surface area contributed by atoms with Gasteiger partial charge >= 0.3 is 0 Å². The smallest absolute Gasteiger partial charge is 0.138 e. The van der Waals surface area contributed by atoms with E-state index < -0.39 is 0 Å². The summed E-state index contributed by atoms with van der Waals surface area (Å²) in [5, 5.41) is 0.692. The molecule has 0 amide bonds. The first-order chi connectivity index (χ1) is 8.17. The lowest BCUT2D eigenvalue weighted by molar-refractivity contribution is 0.250. The molecule has 3 rings (SSSR count). The molecule has 1 aromatic carbocycles. The monoisotopic (exact) mass is 251 g/mol. The maximum Gasteiger partial charge on any atom is 0.138 e. The van der Waals surface area contributed by atoms with Gasteiger partial charge in [0.25, 0.3) is 0 Å². The zero-order valence-electron chi connectivity index (χ0n) is 9.92. The van der Waals surface area contributed by atoms with Crippen molar-refractivity contribution < 1.29 is 4.74 Å². The second-order valence-electron chi connectivity index (χ2n) is 5.41. The first kappa shape index (κ1) is 11.4. The predicted molar refractivity (Wildman–Crippen MR) is 69.4 cm³/mol. The summed E-state index contributed by atoms with van der Waals surface area (Å²) in [6, 6.07) is 5.97. The predicted octanol–water partition coefficient (Wildman–Crippen LogP) is 3.47. The lowest BCUT2D eigenvalue weighted by Gasteiger charge is -2.38. The SMILES string of the molecule is NC1(c2ccc(Cl)c(OCC3CC3)c2)CCC1. The van der Waals surface area contributed by atoms with Crippen LogP contribution in [0.1, 0.15) is 37.7 Å². The van der Waals surface area contributed by atoms with E-state index in [1.54, 1.807) is 0 Å². The second-order valence-corrected chi connectivity index (χ2v) is 5.82. The van der Waals surface area contributed by atoms with E-state index in [0.29, 0.717) is 5.02 Å². The minimum Gasteiger partial charge on any atom is -0.492 e. The average Bonchev–Trinajstić information content (AvgIpc) is 3.09. The van der Waals surface area contributed by atoms with Crippen molar-refractivity contribution in [3.8, 4) is 5.75 Å². The first-order valence-corrected chi connectivity index (χ1v) is 6.77. The fourth-order valence-electron chi connectivity index (χ4n) is 2.26. The van der Waals surface area contributed by atoms with Crippen LogP contribution in [0.4, 0.5) is 0 Å². The quantitative estimate of drug-likeness (QED) is 0.889. The first-order valence-electron chi connectivity index (χ1n) is 6.39. The zero-order chi connectivity index (χ0) is 11.9. The van der Waals surface area contributed by atoms with Crippen LogP contribution < -0.4 is 10.5 Å². The van der Waals surface area contributed by atoms with Gasteiger partial charge in [0.05, 0.1) is 11.6 Å². The molecule has 2 nitrogen and oxygen atoms in total. The lowest BCUT2D eigenvalue weighted by Crippen LogP contribution is -2.43. The van der Waals surface area contributed by atoms with Gasteiger partial charge in [0.1, 0.15) is 5.75 Å². The molecule has 2 N–H and O–H groups in total. The van der Waals surface area contributed by atoms with Crippen LogP contribution in [0.25, 0.3) is 0 Å². The molecule has 0 atom stereocenters. The Labute approximate surface area is 107 Å². The van der Waals surface area contributed by atoms with Gasteiger partial charge in [-0.25, -0.2) is 0 Å². The fourth-order valence-corrected chi connectivity index (χ4v) is 2.43. The van der Waals surface area contributed by atoms with Crippen LogP contribution in [0.15, 0.2) is 18.2 Å². The summed E-state index contributed by atoms with van der Waals surface area (Å²) in [4.78, 5) is 0. The third-order valence-corrected chi connectivity index (χ3v) is 4.24. The molecular formula is C14H18ClNO. The van der Waals surface area contributed by atoms with E-state index >= 15 is 0 Å². The number of nitrogens with two attached hydrogens (primary N) is 1. The fraction of sp³-hybridized carbons (Fsp3) is 0.571. The minimum absolute atomic E-state index is 0.137. The maximum absolute atomic E-state index is 6.31. The minimum atomic E-state index is -0.137. The second kappa shape index (κ2) is 4.18. The average molecular weight is 252 g/mol. The molecule has 17 heavy (non-hydrogen) atoms. The van der Waals surface area contributed by atoms with Crippen molar-refractivity contribution in [2.45, 2.75) is 37.6 Å². The molecule has 2 aliphatic rings. The van der Waals surface area contributed by atoms with Gasteiger partial charge in [-0.15, -0.1) is 0 Å². The summed E-state index contributed by atoms with van der Waals surface area (Å²) >= 11 is 6.15. The van der Waals surface area contributed by atoms with Crippen LogP contribution in [0, 0.1) is 5.92 Å². The standard InChI is InChI=1S/C14H18ClNO/c15-12-5-4-11(14(16)6-1-7-14)8-13(12)17-9-10-2-3-10/h4-5,8,10H,1-3,6-7,9,16H2. The van der Waals surface area contributed by atoms with Gasteiger partial charge in [-0.2, -0.15) is 0 Å². The number of hydrogen-bond donors (Lipinski definition) is 1. The Kier molecular flexibility index (Phi) is 2.80. The molecule has 0 unspecified atom stereocenters. The normalized spacial score (nSPS) is 22.0. The van der Waals surface area contributed by atoms with E-state index in [9.17, 15) is 0 Å². The number of ether oxygens (including phenoxy) is 1. The lowest BCUT2D eigenvalue weighted by atomic mass is 9.73. The molecule has 0 spiro atoms. The van der Waals surface area contributed by atoms with Crippen molar-refractivity contribution in [2.24, 2.45) is 11.7 Å². The molecule has 0 radical (unpaired) electrons. The van der Waals surface area contributed by atoms with Crippen LogP contribution in [0.5, 0.6) is 5.75 Å². The van der Waals surface area contributed by atoms with E-state index in [2.05, 4.69) is 0 Å². The summed E-state index contributed by atoms with van der Waals surface area (Å²) in [6.45, 7) is 0.792. The number of rotatable bonds is 4. The molecule has 3 heteroatoms. The molecule has 2 aliphatic carbocycles. The van der Waals surface area contributed by atoms with Crippen LogP contribution in [-0.2, 0) is 5.54 Å². The highest BCUT2D eigenvalue weighted by atomic mass is 35.5. The van der Waals surface area contributed by atoms with Gasteiger partial charge in [-0.3, -0.25) is 0 Å². The highest BCUT2D eigenvalue weighted by Crippen LogP contribution is 2.41. The summed E-state index contributed by atoms with van der Waals surface area (Å²) in [7, 11) is 0. The molecular weight excluding hydrogens is 234 g/mol. The maximum atomic E-state index is 6.31. The van der Waals surface area contributed by atoms with Crippen molar-refractivity contribution in [1.82, 2.24) is 0 Å².